The maximum absolute atomic E-state index is 11.9. The molecule has 5 nitrogen and oxygen atoms in total. The van der Waals surface area contributed by atoms with Gasteiger partial charge in [0.15, 0.2) is 0 Å². The summed E-state index contributed by atoms with van der Waals surface area (Å²) in [6.45, 7) is 0. The van der Waals surface area contributed by atoms with Crippen molar-refractivity contribution in [2.24, 2.45) is 0 Å². The largest absolute Gasteiger partial charge is 0.496 e. The molecule has 0 saturated heterocycles. The second kappa shape index (κ2) is 7.61. The Bertz CT molecular complexity index is 684. The molecule has 0 atom stereocenters. The molecule has 2 aromatic rings. The van der Waals surface area contributed by atoms with Crippen LogP contribution in [-0.2, 0) is 4.79 Å². The highest BCUT2D eigenvalue weighted by Crippen LogP contribution is 2.24. The number of nitrogens with zero attached hydrogens (tertiary/aromatic N) is 1. The molecule has 0 fully saturated rings. The zero-order valence-corrected chi connectivity index (χ0v) is 13.8. The van der Waals surface area contributed by atoms with E-state index in [2.05, 4.69) is 26.2 Å². The van der Waals surface area contributed by atoms with Crippen LogP contribution in [-0.4, -0.2) is 25.1 Å². The molecule has 0 aliphatic carbocycles. The Labute approximate surface area is 137 Å². The van der Waals surface area contributed by atoms with Gasteiger partial charge in [0.25, 0.3) is 0 Å². The predicted octanol–water partition coefficient (Wildman–Crippen LogP) is 3.51. The van der Waals surface area contributed by atoms with Gasteiger partial charge in [0.2, 0.25) is 11.8 Å². The van der Waals surface area contributed by atoms with E-state index >= 15 is 0 Å². The van der Waals surface area contributed by atoms with E-state index in [0.29, 0.717) is 17.3 Å². The minimum absolute atomic E-state index is 0.256. The van der Waals surface area contributed by atoms with Crippen LogP contribution >= 0.6 is 15.9 Å². The molecule has 0 saturated carbocycles. The molecule has 2 rings (SSSR count). The predicted molar refractivity (Wildman–Crippen MR) is 89.1 cm³/mol. The quantitative estimate of drug-likeness (QED) is 0.826. The van der Waals surface area contributed by atoms with Crippen LogP contribution in [0.2, 0.25) is 0 Å². The summed E-state index contributed by atoms with van der Waals surface area (Å²) in [5, 5.41) is 2.72. The summed E-state index contributed by atoms with van der Waals surface area (Å²) in [5.74, 6) is 0.930. The van der Waals surface area contributed by atoms with Crippen molar-refractivity contribution in [2.75, 3.05) is 19.5 Å². The number of halogens is 1. The second-order valence-corrected chi connectivity index (χ2v) is 5.21. The van der Waals surface area contributed by atoms with E-state index in [-0.39, 0.29) is 5.91 Å². The standard InChI is InChI=1S/C16H15BrN2O3/c1-21-14-6-4-12(17)9-11(14)3-7-15(20)19-13-5-8-16(22-2)18-10-13/h3-10H,1-2H3,(H,19,20). The highest BCUT2D eigenvalue weighted by molar-refractivity contribution is 9.10. The SMILES string of the molecule is COc1ccc(NC(=O)C=Cc2cc(Br)ccc2OC)cn1. The molecule has 1 amide bonds. The van der Waals surface area contributed by atoms with Crippen molar-refractivity contribution >= 4 is 33.6 Å². The van der Waals surface area contributed by atoms with Crippen LogP contribution in [0.1, 0.15) is 5.56 Å². The van der Waals surface area contributed by atoms with Crippen molar-refractivity contribution in [3.8, 4) is 11.6 Å². The number of pyridine rings is 1. The number of carbonyl (C=O) groups excluding carboxylic acids is 1. The summed E-state index contributed by atoms with van der Waals surface area (Å²) >= 11 is 3.39. The maximum Gasteiger partial charge on any atom is 0.248 e. The van der Waals surface area contributed by atoms with Gasteiger partial charge in [-0.2, -0.15) is 0 Å². The Kier molecular flexibility index (Phi) is 5.55. The first-order valence-corrected chi connectivity index (χ1v) is 7.24. The van der Waals surface area contributed by atoms with Crippen molar-refractivity contribution in [1.82, 2.24) is 4.98 Å². The number of rotatable bonds is 5. The molecule has 22 heavy (non-hydrogen) atoms. The fourth-order valence-electron chi connectivity index (χ4n) is 1.76. The number of carbonyl (C=O) groups is 1. The van der Waals surface area contributed by atoms with E-state index in [1.807, 2.05) is 18.2 Å². The first-order chi connectivity index (χ1) is 10.6. The molecular formula is C16H15BrN2O3. The van der Waals surface area contributed by atoms with E-state index in [9.17, 15) is 4.79 Å². The van der Waals surface area contributed by atoms with Crippen LogP contribution in [0.5, 0.6) is 11.6 Å². The first-order valence-electron chi connectivity index (χ1n) is 6.45. The molecule has 6 heteroatoms. The average Bonchev–Trinajstić information content (AvgIpc) is 2.54. The molecule has 114 valence electrons. The third-order valence-electron chi connectivity index (χ3n) is 2.82. The third-order valence-corrected chi connectivity index (χ3v) is 3.31. The number of nitrogens with one attached hydrogen (secondary N) is 1. The van der Waals surface area contributed by atoms with E-state index in [1.165, 1.54) is 19.4 Å². The molecule has 0 bridgehead atoms. The lowest BCUT2D eigenvalue weighted by molar-refractivity contribution is -0.111. The van der Waals surface area contributed by atoms with Crippen molar-refractivity contribution in [3.63, 3.8) is 0 Å². The molecule has 0 spiro atoms. The van der Waals surface area contributed by atoms with Crippen LogP contribution in [0.4, 0.5) is 5.69 Å². The Morgan fingerprint density at radius 2 is 2.05 bits per heavy atom. The van der Waals surface area contributed by atoms with Gasteiger partial charge < -0.3 is 14.8 Å². The fourth-order valence-corrected chi connectivity index (χ4v) is 2.14. The Balaban J connectivity index is 2.06. The third kappa shape index (κ3) is 4.33. The molecule has 1 N–H and O–H groups in total. The average molecular weight is 363 g/mol. The monoisotopic (exact) mass is 362 g/mol. The van der Waals surface area contributed by atoms with Gasteiger partial charge in [-0.3, -0.25) is 4.79 Å². The van der Waals surface area contributed by atoms with Crippen molar-refractivity contribution in [2.45, 2.75) is 0 Å². The number of anilines is 1. The molecule has 1 aromatic heterocycles. The van der Waals surface area contributed by atoms with Crippen molar-refractivity contribution in [3.05, 3.63) is 52.6 Å². The van der Waals surface area contributed by atoms with Crippen molar-refractivity contribution < 1.29 is 14.3 Å². The van der Waals surface area contributed by atoms with E-state index in [4.69, 9.17) is 9.47 Å². The van der Waals surface area contributed by atoms with Gasteiger partial charge in [-0.25, -0.2) is 4.98 Å². The van der Waals surface area contributed by atoms with Gasteiger partial charge in [0.1, 0.15) is 5.75 Å². The van der Waals surface area contributed by atoms with Crippen LogP contribution in [0.25, 0.3) is 6.08 Å². The Hall–Kier alpha value is -2.34. The van der Waals surface area contributed by atoms with Crippen molar-refractivity contribution in [1.29, 1.82) is 0 Å². The topological polar surface area (TPSA) is 60.5 Å². The lowest BCUT2D eigenvalue weighted by Crippen LogP contribution is -2.08. The molecule has 0 aliphatic heterocycles. The van der Waals surface area contributed by atoms with E-state index in [0.717, 1.165) is 10.0 Å². The lowest BCUT2D eigenvalue weighted by Gasteiger charge is -2.05. The molecule has 1 aromatic carbocycles. The van der Waals surface area contributed by atoms with E-state index < -0.39 is 0 Å². The molecule has 0 aliphatic rings. The van der Waals surface area contributed by atoms with Crippen LogP contribution < -0.4 is 14.8 Å². The Morgan fingerprint density at radius 1 is 1.23 bits per heavy atom. The maximum atomic E-state index is 11.9. The molecule has 1 heterocycles. The van der Waals surface area contributed by atoms with Crippen LogP contribution in [0, 0.1) is 0 Å². The minimum atomic E-state index is -0.256. The van der Waals surface area contributed by atoms with Crippen LogP contribution in [0.3, 0.4) is 0 Å². The first kappa shape index (κ1) is 16.0. The Morgan fingerprint density at radius 3 is 2.68 bits per heavy atom. The smallest absolute Gasteiger partial charge is 0.248 e. The van der Waals surface area contributed by atoms with E-state index in [1.54, 1.807) is 25.3 Å². The summed E-state index contributed by atoms with van der Waals surface area (Å²) in [6, 6.07) is 8.97. The minimum Gasteiger partial charge on any atom is -0.496 e. The summed E-state index contributed by atoms with van der Waals surface area (Å²) in [4.78, 5) is 15.9. The summed E-state index contributed by atoms with van der Waals surface area (Å²) in [6.07, 6.45) is 4.66. The number of hydrogen-bond acceptors (Lipinski definition) is 4. The lowest BCUT2D eigenvalue weighted by atomic mass is 10.2. The van der Waals surface area contributed by atoms with Gasteiger partial charge in [-0.15, -0.1) is 0 Å². The number of methoxy groups -OCH3 is 2. The number of benzene rings is 1. The summed E-state index contributed by atoms with van der Waals surface area (Å²) < 4.78 is 11.1. The van der Waals surface area contributed by atoms with Gasteiger partial charge >= 0.3 is 0 Å². The second-order valence-electron chi connectivity index (χ2n) is 4.30. The van der Waals surface area contributed by atoms with Gasteiger partial charge in [-0.1, -0.05) is 15.9 Å². The molecular weight excluding hydrogens is 348 g/mol. The van der Waals surface area contributed by atoms with Gasteiger partial charge in [-0.05, 0) is 30.3 Å². The molecule has 0 unspecified atom stereocenters. The van der Waals surface area contributed by atoms with Gasteiger partial charge in [0, 0.05) is 22.2 Å². The summed E-state index contributed by atoms with van der Waals surface area (Å²) in [7, 11) is 3.12. The highest BCUT2D eigenvalue weighted by atomic mass is 79.9. The number of amides is 1. The number of hydrogen-bond donors (Lipinski definition) is 1. The number of ether oxygens (including phenoxy) is 2. The normalized spacial score (nSPS) is 10.5. The summed E-state index contributed by atoms with van der Waals surface area (Å²) in [5.41, 5.74) is 1.40. The van der Waals surface area contributed by atoms with Gasteiger partial charge in [0.05, 0.1) is 26.1 Å². The van der Waals surface area contributed by atoms with Crippen LogP contribution in [0.15, 0.2) is 47.1 Å². The zero-order chi connectivity index (χ0) is 15.9. The fraction of sp³-hybridized carbons (Fsp3) is 0.125. The highest BCUT2D eigenvalue weighted by Gasteiger charge is 2.03. The number of aromatic nitrogens is 1. The zero-order valence-electron chi connectivity index (χ0n) is 12.2. The molecule has 0 radical (unpaired) electrons.